The topological polar surface area (TPSA) is 76.0 Å². The Balaban J connectivity index is 1.68. The van der Waals surface area contributed by atoms with Gasteiger partial charge in [-0.15, -0.1) is 0 Å². The first-order valence-electron chi connectivity index (χ1n) is 8.94. The summed E-state index contributed by atoms with van der Waals surface area (Å²) in [7, 11) is 0. The Morgan fingerprint density at radius 1 is 0.966 bits per heavy atom. The molecule has 1 heterocycles. The van der Waals surface area contributed by atoms with Crippen molar-refractivity contribution >= 4 is 28.3 Å². The second-order valence-corrected chi connectivity index (χ2v) is 6.43. The number of rotatable bonds is 3. The third-order valence-electron chi connectivity index (χ3n) is 4.43. The summed E-state index contributed by atoms with van der Waals surface area (Å²) in [6.07, 6.45) is 0. The van der Waals surface area contributed by atoms with Crippen LogP contribution in [0.2, 0.25) is 0 Å². The predicted molar refractivity (Wildman–Crippen MR) is 111 cm³/mol. The number of hydrogen-bond acceptors (Lipinski definition) is 3. The van der Waals surface area contributed by atoms with E-state index < -0.39 is 11.8 Å². The van der Waals surface area contributed by atoms with Crippen molar-refractivity contribution in [1.82, 2.24) is 9.55 Å². The number of aromatic nitrogens is 2. The van der Waals surface area contributed by atoms with Gasteiger partial charge in [0.1, 0.15) is 11.6 Å². The summed E-state index contributed by atoms with van der Waals surface area (Å²) in [6, 6.07) is 19.3. The van der Waals surface area contributed by atoms with Crippen LogP contribution in [0.4, 0.5) is 20.6 Å². The second-order valence-electron chi connectivity index (χ2n) is 6.43. The van der Waals surface area contributed by atoms with Crippen molar-refractivity contribution < 1.29 is 9.18 Å². The van der Waals surface area contributed by atoms with Crippen molar-refractivity contribution in [3.63, 3.8) is 0 Å². The van der Waals surface area contributed by atoms with Crippen LogP contribution in [-0.4, -0.2) is 15.6 Å². The van der Waals surface area contributed by atoms with Crippen LogP contribution in [-0.2, 0) is 0 Å². The molecule has 0 radical (unpaired) electrons. The number of fused-ring (bicyclic) bond motifs is 1. The zero-order valence-corrected chi connectivity index (χ0v) is 15.5. The summed E-state index contributed by atoms with van der Waals surface area (Å²) in [4.78, 5) is 29.8. The molecule has 0 saturated carbocycles. The minimum Gasteiger partial charge on any atom is -0.308 e. The van der Waals surface area contributed by atoms with Crippen LogP contribution in [0.15, 0.2) is 77.6 Å². The lowest BCUT2D eigenvalue weighted by molar-refractivity contribution is 0.262. The molecule has 29 heavy (non-hydrogen) atoms. The van der Waals surface area contributed by atoms with Gasteiger partial charge in [-0.25, -0.2) is 14.2 Å². The van der Waals surface area contributed by atoms with E-state index in [0.29, 0.717) is 28.1 Å². The van der Waals surface area contributed by atoms with Crippen LogP contribution in [0.5, 0.6) is 0 Å². The fourth-order valence-corrected chi connectivity index (χ4v) is 3.10. The van der Waals surface area contributed by atoms with Crippen molar-refractivity contribution in [3.8, 4) is 5.69 Å². The second kappa shape index (κ2) is 7.55. The molecule has 0 fully saturated rings. The number of anilines is 2. The lowest BCUT2D eigenvalue weighted by Gasteiger charge is -2.12. The molecule has 0 aliphatic carbocycles. The quantitative estimate of drug-likeness (QED) is 0.543. The van der Waals surface area contributed by atoms with Gasteiger partial charge >= 0.3 is 6.03 Å². The van der Waals surface area contributed by atoms with E-state index in [1.165, 1.54) is 22.8 Å². The van der Waals surface area contributed by atoms with E-state index in [-0.39, 0.29) is 11.2 Å². The zero-order valence-electron chi connectivity index (χ0n) is 15.5. The van der Waals surface area contributed by atoms with Crippen LogP contribution in [0.1, 0.15) is 5.82 Å². The number of carbonyl (C=O) groups is 1. The van der Waals surface area contributed by atoms with Crippen molar-refractivity contribution in [2.75, 3.05) is 10.6 Å². The molecule has 1 aromatic heterocycles. The minimum atomic E-state index is -0.613. The molecule has 7 heteroatoms. The minimum absolute atomic E-state index is 0.0644. The Hall–Kier alpha value is -4.00. The molecule has 0 unspecified atom stereocenters. The number of amides is 2. The Morgan fingerprint density at radius 3 is 2.45 bits per heavy atom. The van der Waals surface area contributed by atoms with E-state index in [1.807, 2.05) is 30.3 Å². The Labute approximate surface area is 165 Å². The summed E-state index contributed by atoms with van der Waals surface area (Å²) in [5.74, 6) is 0.0262. The van der Waals surface area contributed by atoms with E-state index in [0.717, 1.165) is 0 Å². The maximum atomic E-state index is 13.7. The highest BCUT2D eigenvalue weighted by molar-refractivity contribution is 6.01. The fraction of sp³-hybridized carbons (Fsp3) is 0.0455. The first-order valence-corrected chi connectivity index (χ1v) is 8.94. The molecule has 144 valence electrons. The number of hydrogen-bond donors (Lipinski definition) is 2. The SMILES string of the molecule is Cc1nc2ccc(NC(=O)Nc3ccccc3F)cc2c(=O)n1-c1ccccc1. The molecule has 0 bridgehead atoms. The molecule has 3 aromatic carbocycles. The molecule has 0 atom stereocenters. The van der Waals surface area contributed by atoms with Crippen LogP contribution < -0.4 is 16.2 Å². The van der Waals surface area contributed by atoms with Gasteiger partial charge in [-0.3, -0.25) is 9.36 Å². The summed E-state index contributed by atoms with van der Waals surface area (Å²) < 4.78 is 15.2. The number of benzene rings is 3. The molecule has 4 rings (SSSR count). The molecule has 2 N–H and O–H groups in total. The van der Waals surface area contributed by atoms with Gasteiger partial charge in [0.2, 0.25) is 0 Å². The lowest BCUT2D eigenvalue weighted by atomic mass is 10.2. The van der Waals surface area contributed by atoms with Crippen LogP contribution >= 0.6 is 0 Å². The highest BCUT2D eigenvalue weighted by Gasteiger charge is 2.12. The number of aryl methyl sites for hydroxylation is 1. The summed E-state index contributed by atoms with van der Waals surface area (Å²) in [5, 5.41) is 5.43. The van der Waals surface area contributed by atoms with E-state index in [2.05, 4.69) is 15.6 Å². The monoisotopic (exact) mass is 388 g/mol. The fourth-order valence-electron chi connectivity index (χ4n) is 3.10. The van der Waals surface area contributed by atoms with Crippen molar-refractivity contribution in [2.45, 2.75) is 6.92 Å². The highest BCUT2D eigenvalue weighted by Crippen LogP contribution is 2.18. The molecule has 6 nitrogen and oxygen atoms in total. The van der Waals surface area contributed by atoms with Crippen molar-refractivity contribution in [2.24, 2.45) is 0 Å². The van der Waals surface area contributed by atoms with Gasteiger partial charge in [0.15, 0.2) is 0 Å². The smallest absolute Gasteiger partial charge is 0.308 e. The summed E-state index contributed by atoms with van der Waals surface area (Å²) >= 11 is 0. The van der Waals surface area contributed by atoms with E-state index in [9.17, 15) is 14.0 Å². The Morgan fingerprint density at radius 2 is 1.69 bits per heavy atom. The van der Waals surface area contributed by atoms with Crippen molar-refractivity contribution in [1.29, 1.82) is 0 Å². The van der Waals surface area contributed by atoms with Gasteiger partial charge in [-0.1, -0.05) is 30.3 Å². The maximum absolute atomic E-state index is 13.7. The maximum Gasteiger partial charge on any atom is 0.323 e. The summed E-state index contributed by atoms with van der Waals surface area (Å²) in [5.41, 5.74) is 1.46. The standard InChI is InChI=1S/C22H17FN4O2/c1-14-24-19-12-11-15(25-22(29)26-20-10-6-5-9-18(20)23)13-17(19)21(28)27(14)16-7-3-2-4-8-16/h2-13H,1H3,(H2,25,26,29). The molecule has 0 saturated heterocycles. The molecule has 0 spiro atoms. The van der Waals surface area contributed by atoms with E-state index in [1.54, 1.807) is 31.2 Å². The van der Waals surface area contributed by atoms with Gasteiger partial charge in [0, 0.05) is 5.69 Å². The molecular weight excluding hydrogens is 371 g/mol. The number of para-hydroxylation sites is 2. The van der Waals surface area contributed by atoms with Gasteiger partial charge < -0.3 is 10.6 Å². The number of halogens is 1. The van der Waals surface area contributed by atoms with E-state index in [4.69, 9.17) is 0 Å². The van der Waals surface area contributed by atoms with Crippen LogP contribution in [0, 0.1) is 12.7 Å². The molecule has 2 amide bonds. The third kappa shape index (κ3) is 3.70. The number of nitrogens with zero attached hydrogens (tertiary/aromatic N) is 2. The average Bonchev–Trinajstić information content (AvgIpc) is 2.71. The van der Waals surface area contributed by atoms with Gasteiger partial charge in [-0.2, -0.15) is 0 Å². The highest BCUT2D eigenvalue weighted by atomic mass is 19.1. The van der Waals surface area contributed by atoms with Crippen LogP contribution in [0.3, 0.4) is 0 Å². The van der Waals surface area contributed by atoms with Gasteiger partial charge in [0.25, 0.3) is 5.56 Å². The first kappa shape index (κ1) is 18.4. The predicted octanol–water partition coefficient (Wildman–Crippen LogP) is 4.48. The Kier molecular flexibility index (Phi) is 4.78. The summed E-state index contributed by atoms with van der Waals surface area (Å²) in [6.45, 7) is 1.77. The largest absolute Gasteiger partial charge is 0.323 e. The average molecular weight is 388 g/mol. The number of carbonyl (C=O) groups excluding carboxylic acids is 1. The third-order valence-corrected chi connectivity index (χ3v) is 4.43. The molecular formula is C22H17FN4O2. The molecule has 0 aliphatic rings. The van der Waals surface area contributed by atoms with Gasteiger partial charge in [0.05, 0.1) is 22.3 Å². The molecule has 4 aromatic rings. The molecule has 0 aliphatic heterocycles. The van der Waals surface area contributed by atoms with Gasteiger partial charge in [-0.05, 0) is 49.4 Å². The zero-order chi connectivity index (χ0) is 20.4. The Bertz CT molecular complexity index is 1270. The number of nitrogens with one attached hydrogen (secondary N) is 2. The number of urea groups is 1. The van der Waals surface area contributed by atoms with E-state index >= 15 is 0 Å². The van der Waals surface area contributed by atoms with Crippen LogP contribution in [0.25, 0.3) is 16.6 Å². The first-order chi connectivity index (χ1) is 14.0. The normalized spacial score (nSPS) is 10.7. The van der Waals surface area contributed by atoms with Crippen molar-refractivity contribution in [3.05, 3.63) is 94.8 Å². The lowest BCUT2D eigenvalue weighted by Crippen LogP contribution is -2.23.